The van der Waals surface area contributed by atoms with Crippen LogP contribution in [0, 0.1) is 13.8 Å². The molecule has 172 valence electrons. The van der Waals surface area contributed by atoms with Gasteiger partial charge in [-0.05, 0) is 49.6 Å². The molecule has 0 saturated carbocycles. The van der Waals surface area contributed by atoms with Crippen molar-refractivity contribution in [1.29, 1.82) is 0 Å². The molecule has 1 aliphatic heterocycles. The van der Waals surface area contributed by atoms with Crippen LogP contribution >= 0.6 is 0 Å². The fourth-order valence-electron chi connectivity index (χ4n) is 3.40. The molecule has 0 saturated heterocycles. The van der Waals surface area contributed by atoms with Gasteiger partial charge >= 0.3 is 0 Å². The lowest BCUT2D eigenvalue weighted by atomic mass is 10.1. The van der Waals surface area contributed by atoms with Crippen molar-refractivity contribution < 1.29 is 27.5 Å². The molecule has 0 radical (unpaired) electrons. The van der Waals surface area contributed by atoms with Crippen molar-refractivity contribution in [2.75, 3.05) is 31.3 Å². The van der Waals surface area contributed by atoms with Crippen molar-refractivity contribution >= 4 is 33.2 Å². The number of amides is 2. The van der Waals surface area contributed by atoms with Crippen molar-refractivity contribution in [2.24, 2.45) is 0 Å². The number of likely N-dealkylation sites (N-methyl/N-ethyl adjacent to an activating group) is 1. The number of nitrogens with zero attached hydrogens (tertiary/aromatic N) is 1. The molecular formula is C22H27N3O6S. The predicted octanol–water partition coefficient (Wildman–Crippen LogP) is 2.68. The molecule has 0 unspecified atom stereocenters. The number of nitrogens with one attached hydrogen (secondary N) is 2. The van der Waals surface area contributed by atoms with Gasteiger partial charge in [-0.1, -0.05) is 13.0 Å². The summed E-state index contributed by atoms with van der Waals surface area (Å²) in [4.78, 5) is 24.6. The Kier molecular flexibility index (Phi) is 6.75. The Morgan fingerprint density at radius 3 is 2.62 bits per heavy atom. The molecule has 0 spiro atoms. The topological polar surface area (TPSA) is 114 Å². The third kappa shape index (κ3) is 4.71. The summed E-state index contributed by atoms with van der Waals surface area (Å²) in [6, 6.07) is 8.26. The normalized spacial score (nSPS) is 15.6. The lowest BCUT2D eigenvalue weighted by Gasteiger charge is -2.27. The van der Waals surface area contributed by atoms with Crippen LogP contribution in [-0.2, 0) is 19.6 Å². The summed E-state index contributed by atoms with van der Waals surface area (Å²) in [5.74, 6) is -0.0202. The van der Waals surface area contributed by atoms with Crippen molar-refractivity contribution in [2.45, 2.75) is 38.2 Å². The van der Waals surface area contributed by atoms with E-state index < -0.39 is 28.6 Å². The minimum atomic E-state index is -4.00. The smallest absolute Gasteiger partial charge is 0.265 e. The molecule has 1 heterocycles. The molecule has 0 bridgehead atoms. The van der Waals surface area contributed by atoms with Gasteiger partial charge < -0.3 is 20.1 Å². The first-order valence-corrected chi connectivity index (χ1v) is 11.5. The van der Waals surface area contributed by atoms with E-state index in [1.54, 1.807) is 32.0 Å². The summed E-state index contributed by atoms with van der Waals surface area (Å²) in [6.07, 6.45) is -0.238. The minimum absolute atomic E-state index is 0.00527. The molecule has 0 fully saturated rings. The second-order valence-electron chi connectivity index (χ2n) is 7.63. The highest BCUT2D eigenvalue weighted by atomic mass is 32.2. The number of aryl methyl sites for hydroxylation is 2. The van der Waals surface area contributed by atoms with Crippen LogP contribution in [0.25, 0.3) is 0 Å². The second-order valence-corrected chi connectivity index (χ2v) is 9.64. The van der Waals surface area contributed by atoms with Gasteiger partial charge in [0.25, 0.3) is 5.91 Å². The SMILES string of the molecule is CC[C@@H]1Oc2cc(S(=O)(=O)N(C)CC(=O)Nc3cc(C)ccc3OC)c(C)cc2NC1=O. The maximum absolute atomic E-state index is 13.2. The highest BCUT2D eigenvalue weighted by Crippen LogP contribution is 2.35. The third-order valence-electron chi connectivity index (χ3n) is 5.15. The van der Waals surface area contributed by atoms with Gasteiger partial charge in [-0.2, -0.15) is 4.31 Å². The van der Waals surface area contributed by atoms with Gasteiger partial charge in [-0.3, -0.25) is 9.59 Å². The number of hydrogen-bond acceptors (Lipinski definition) is 6. The van der Waals surface area contributed by atoms with Crippen LogP contribution in [0.3, 0.4) is 0 Å². The van der Waals surface area contributed by atoms with Crippen molar-refractivity contribution in [3.8, 4) is 11.5 Å². The van der Waals surface area contributed by atoms with Gasteiger partial charge in [0, 0.05) is 13.1 Å². The van der Waals surface area contributed by atoms with Crippen LogP contribution in [0.4, 0.5) is 11.4 Å². The molecule has 1 aliphatic rings. The first-order chi connectivity index (χ1) is 15.1. The van der Waals surface area contributed by atoms with E-state index >= 15 is 0 Å². The molecule has 10 heteroatoms. The Bertz CT molecular complexity index is 1160. The fourth-order valence-corrected chi connectivity index (χ4v) is 4.74. The number of fused-ring (bicyclic) bond motifs is 1. The van der Waals surface area contributed by atoms with Gasteiger partial charge in [-0.15, -0.1) is 0 Å². The average molecular weight is 462 g/mol. The van der Waals surface area contributed by atoms with Crippen LogP contribution < -0.4 is 20.1 Å². The van der Waals surface area contributed by atoms with E-state index in [1.165, 1.54) is 20.2 Å². The van der Waals surface area contributed by atoms with Gasteiger partial charge in [0.2, 0.25) is 15.9 Å². The van der Waals surface area contributed by atoms with Gasteiger partial charge in [0.05, 0.1) is 29.9 Å². The van der Waals surface area contributed by atoms with E-state index in [0.29, 0.717) is 29.1 Å². The molecule has 3 rings (SSSR count). The number of rotatable bonds is 7. The molecule has 0 aromatic heterocycles. The average Bonchev–Trinajstić information content (AvgIpc) is 2.72. The van der Waals surface area contributed by atoms with Crippen LogP contribution in [0.2, 0.25) is 0 Å². The zero-order chi connectivity index (χ0) is 23.6. The van der Waals surface area contributed by atoms with Gasteiger partial charge in [0.15, 0.2) is 6.10 Å². The van der Waals surface area contributed by atoms with Gasteiger partial charge in [0.1, 0.15) is 11.5 Å². The molecule has 2 aromatic rings. The molecule has 2 N–H and O–H groups in total. The summed E-state index contributed by atoms with van der Waals surface area (Å²) in [5, 5.41) is 5.43. The predicted molar refractivity (Wildman–Crippen MR) is 121 cm³/mol. The summed E-state index contributed by atoms with van der Waals surface area (Å²) < 4.78 is 38.3. The van der Waals surface area contributed by atoms with Gasteiger partial charge in [-0.25, -0.2) is 8.42 Å². The second kappa shape index (κ2) is 9.17. The van der Waals surface area contributed by atoms with Crippen LogP contribution in [0.5, 0.6) is 11.5 Å². The summed E-state index contributed by atoms with van der Waals surface area (Å²) in [7, 11) is -1.18. The number of methoxy groups -OCH3 is 1. The maximum atomic E-state index is 13.2. The summed E-state index contributed by atoms with van der Waals surface area (Å²) >= 11 is 0. The standard InChI is InChI=1S/C22H27N3O6S/c1-6-17-22(27)24-16-10-14(3)20(11-19(16)31-17)32(28,29)25(4)12-21(26)23-15-9-13(2)7-8-18(15)30-5/h7-11,17H,6,12H2,1-5H3,(H,23,26)(H,24,27)/t17-/m0/s1. The largest absolute Gasteiger partial charge is 0.495 e. The number of sulfonamides is 1. The van der Waals surface area contributed by atoms with Crippen LogP contribution in [0.15, 0.2) is 35.2 Å². The Morgan fingerprint density at radius 1 is 1.25 bits per heavy atom. The molecule has 2 aromatic carbocycles. The van der Waals surface area contributed by atoms with Crippen molar-refractivity contribution in [3.63, 3.8) is 0 Å². The first kappa shape index (κ1) is 23.6. The molecule has 32 heavy (non-hydrogen) atoms. The first-order valence-electron chi connectivity index (χ1n) is 10.1. The number of anilines is 2. The molecular weight excluding hydrogens is 434 g/mol. The monoisotopic (exact) mass is 461 g/mol. The Balaban J connectivity index is 1.81. The maximum Gasteiger partial charge on any atom is 0.265 e. The molecule has 0 aliphatic carbocycles. The highest BCUT2D eigenvalue weighted by Gasteiger charge is 2.31. The number of hydrogen-bond donors (Lipinski definition) is 2. The molecule has 1 atom stereocenters. The van der Waals surface area contributed by atoms with Crippen LogP contribution in [0.1, 0.15) is 24.5 Å². The van der Waals surface area contributed by atoms with Crippen molar-refractivity contribution in [1.82, 2.24) is 4.31 Å². The van der Waals surface area contributed by atoms with E-state index in [0.717, 1.165) is 9.87 Å². The number of carbonyl (C=O) groups is 2. The Morgan fingerprint density at radius 2 is 1.97 bits per heavy atom. The van der Waals surface area contributed by atoms with E-state index in [2.05, 4.69) is 10.6 Å². The molecule has 2 amide bonds. The minimum Gasteiger partial charge on any atom is -0.495 e. The number of carbonyl (C=O) groups excluding carboxylic acids is 2. The number of ether oxygens (including phenoxy) is 2. The highest BCUT2D eigenvalue weighted by molar-refractivity contribution is 7.89. The fraction of sp³-hybridized carbons (Fsp3) is 0.364. The summed E-state index contributed by atoms with van der Waals surface area (Å²) in [6.45, 7) is 4.90. The van der Waals surface area contributed by atoms with E-state index in [4.69, 9.17) is 9.47 Å². The van der Waals surface area contributed by atoms with Crippen molar-refractivity contribution in [3.05, 3.63) is 41.5 Å². The summed E-state index contributed by atoms with van der Waals surface area (Å²) in [5.41, 5.74) is 2.23. The number of benzene rings is 2. The Labute approximate surface area is 187 Å². The van der Waals surface area contributed by atoms with Crippen LogP contribution in [-0.4, -0.2) is 51.3 Å². The zero-order valence-electron chi connectivity index (χ0n) is 18.7. The van der Waals surface area contributed by atoms with E-state index in [1.807, 2.05) is 13.0 Å². The zero-order valence-corrected chi connectivity index (χ0v) is 19.5. The lowest BCUT2D eigenvalue weighted by molar-refractivity contribution is -0.123. The van der Waals surface area contributed by atoms with E-state index in [-0.39, 0.29) is 16.6 Å². The quantitative estimate of drug-likeness (QED) is 0.655. The molecule has 9 nitrogen and oxygen atoms in total. The van der Waals surface area contributed by atoms with E-state index in [9.17, 15) is 18.0 Å². The lowest BCUT2D eigenvalue weighted by Crippen LogP contribution is -2.37. The third-order valence-corrected chi connectivity index (χ3v) is 7.10. The Hall–Kier alpha value is -3.11.